The Morgan fingerprint density at radius 2 is 1.68 bits per heavy atom. The van der Waals surface area contributed by atoms with Crippen molar-refractivity contribution in [3.05, 3.63) is 88.9 Å². The number of anilines is 1. The molecule has 0 unspecified atom stereocenters. The molecule has 212 valence electrons. The molecule has 0 bridgehead atoms. The Morgan fingerprint density at radius 3 is 2.37 bits per heavy atom. The molecular formula is C32H34ClN5O3. The van der Waals surface area contributed by atoms with Crippen LogP contribution in [0.1, 0.15) is 30.4 Å². The van der Waals surface area contributed by atoms with E-state index in [1.807, 2.05) is 60.7 Å². The number of carbonyl (C=O) groups excluding carboxylic acids is 2. The molecule has 41 heavy (non-hydrogen) atoms. The average Bonchev–Trinajstić information content (AvgIpc) is 3.61. The predicted octanol–water partition coefficient (Wildman–Crippen LogP) is 5.60. The van der Waals surface area contributed by atoms with Gasteiger partial charge in [-0.2, -0.15) is 0 Å². The third kappa shape index (κ3) is 6.61. The number of likely N-dealkylation sites (N-methyl/N-ethyl adjacent to an activating group) is 1. The molecule has 0 spiro atoms. The zero-order valence-corrected chi connectivity index (χ0v) is 24.1. The smallest absolute Gasteiger partial charge is 0.242 e. The number of benzene rings is 3. The Hall–Kier alpha value is -4.14. The van der Waals surface area contributed by atoms with E-state index in [2.05, 4.69) is 9.88 Å². The van der Waals surface area contributed by atoms with Gasteiger partial charge in [-0.3, -0.25) is 9.59 Å². The maximum atomic E-state index is 13.3. The lowest BCUT2D eigenvalue weighted by atomic mass is 10.0. The van der Waals surface area contributed by atoms with E-state index in [0.717, 1.165) is 36.9 Å². The summed E-state index contributed by atoms with van der Waals surface area (Å²) in [5.74, 6) is -0.239. The van der Waals surface area contributed by atoms with Gasteiger partial charge in [-0.05, 0) is 62.3 Å². The van der Waals surface area contributed by atoms with E-state index in [9.17, 15) is 14.7 Å². The molecule has 0 saturated carbocycles. The summed E-state index contributed by atoms with van der Waals surface area (Å²) in [5.41, 5.74) is 3.97. The van der Waals surface area contributed by atoms with Crippen LogP contribution in [0.2, 0.25) is 5.02 Å². The van der Waals surface area contributed by atoms with Crippen molar-refractivity contribution in [3.63, 3.8) is 0 Å². The van der Waals surface area contributed by atoms with Crippen LogP contribution in [0.15, 0.2) is 77.8 Å². The van der Waals surface area contributed by atoms with Gasteiger partial charge in [0, 0.05) is 48.7 Å². The standard InChI is InChI=1S/C32H34ClN5O3/c1-36(2)29(40)21-38(28(39)16-19-37-17-6-7-18-37)25-13-11-24(12-14-25)34-31(22-8-4-3-5-9-22)30-26-15-10-23(33)20-27(26)35-32(30)41/h3-5,8-15,20,35,41H,6-7,16-19,21H2,1-2H3. The minimum absolute atomic E-state index is 0.00142. The molecule has 3 aromatic carbocycles. The van der Waals surface area contributed by atoms with Gasteiger partial charge in [0.1, 0.15) is 6.54 Å². The molecule has 2 heterocycles. The van der Waals surface area contributed by atoms with Gasteiger partial charge < -0.3 is 24.8 Å². The van der Waals surface area contributed by atoms with Gasteiger partial charge in [-0.25, -0.2) is 4.99 Å². The maximum absolute atomic E-state index is 13.3. The molecule has 9 heteroatoms. The second-order valence-electron chi connectivity index (χ2n) is 10.4. The molecule has 4 aromatic rings. The number of aromatic hydroxyl groups is 1. The van der Waals surface area contributed by atoms with E-state index < -0.39 is 0 Å². The van der Waals surface area contributed by atoms with Crippen LogP contribution in [0.4, 0.5) is 11.4 Å². The summed E-state index contributed by atoms with van der Waals surface area (Å²) in [5, 5.41) is 12.3. The molecule has 1 aliphatic rings. The topological polar surface area (TPSA) is 92.2 Å². The van der Waals surface area contributed by atoms with Crippen molar-refractivity contribution >= 4 is 51.4 Å². The van der Waals surface area contributed by atoms with Gasteiger partial charge in [-0.15, -0.1) is 0 Å². The van der Waals surface area contributed by atoms with Crippen LogP contribution in [-0.4, -0.2) is 77.7 Å². The number of fused-ring (bicyclic) bond motifs is 1. The van der Waals surface area contributed by atoms with Crippen LogP contribution in [0.3, 0.4) is 0 Å². The van der Waals surface area contributed by atoms with E-state index in [1.54, 1.807) is 31.1 Å². The highest BCUT2D eigenvalue weighted by atomic mass is 35.5. The number of carbonyl (C=O) groups is 2. The zero-order valence-electron chi connectivity index (χ0n) is 23.3. The fourth-order valence-electron chi connectivity index (χ4n) is 5.09. The number of halogens is 1. The highest BCUT2D eigenvalue weighted by molar-refractivity contribution is 6.31. The molecule has 8 nitrogen and oxygen atoms in total. The molecule has 0 radical (unpaired) electrons. The van der Waals surface area contributed by atoms with Crippen LogP contribution in [0.25, 0.3) is 10.9 Å². The summed E-state index contributed by atoms with van der Waals surface area (Å²) in [6, 6.07) is 22.3. The molecular weight excluding hydrogens is 538 g/mol. The molecule has 0 atom stereocenters. The van der Waals surface area contributed by atoms with Crippen LogP contribution in [-0.2, 0) is 9.59 Å². The lowest BCUT2D eigenvalue weighted by molar-refractivity contribution is -0.129. The van der Waals surface area contributed by atoms with Gasteiger partial charge >= 0.3 is 0 Å². The minimum atomic E-state index is -0.150. The van der Waals surface area contributed by atoms with E-state index >= 15 is 0 Å². The van der Waals surface area contributed by atoms with Crippen molar-refractivity contribution in [1.29, 1.82) is 0 Å². The number of H-pyrrole nitrogens is 1. The summed E-state index contributed by atoms with van der Waals surface area (Å²) >= 11 is 6.18. The number of aliphatic imine (C=N–C) groups is 1. The molecule has 1 aliphatic heterocycles. The highest BCUT2D eigenvalue weighted by Crippen LogP contribution is 2.33. The van der Waals surface area contributed by atoms with Gasteiger partial charge in [0.05, 0.1) is 22.5 Å². The highest BCUT2D eigenvalue weighted by Gasteiger charge is 2.23. The largest absolute Gasteiger partial charge is 0.494 e. The number of rotatable bonds is 9. The van der Waals surface area contributed by atoms with E-state index in [4.69, 9.17) is 16.6 Å². The third-order valence-corrected chi connectivity index (χ3v) is 7.60. The fourth-order valence-corrected chi connectivity index (χ4v) is 5.26. The van der Waals surface area contributed by atoms with Crippen molar-refractivity contribution in [1.82, 2.24) is 14.8 Å². The zero-order chi connectivity index (χ0) is 28.9. The number of nitrogens with zero attached hydrogens (tertiary/aromatic N) is 4. The molecule has 2 amide bonds. The number of hydrogen-bond donors (Lipinski definition) is 2. The Morgan fingerprint density at radius 1 is 0.976 bits per heavy atom. The van der Waals surface area contributed by atoms with Gasteiger partial charge in [0.2, 0.25) is 11.8 Å². The van der Waals surface area contributed by atoms with Crippen LogP contribution < -0.4 is 4.90 Å². The summed E-state index contributed by atoms with van der Waals surface area (Å²) in [6.07, 6.45) is 2.67. The molecule has 1 fully saturated rings. The lowest BCUT2D eigenvalue weighted by Crippen LogP contribution is -2.41. The normalized spacial score (nSPS) is 14.0. The Balaban J connectivity index is 1.48. The Bertz CT molecular complexity index is 1560. The van der Waals surface area contributed by atoms with Crippen molar-refractivity contribution in [3.8, 4) is 5.88 Å². The predicted molar refractivity (Wildman–Crippen MR) is 164 cm³/mol. The monoisotopic (exact) mass is 571 g/mol. The second-order valence-corrected chi connectivity index (χ2v) is 10.9. The SMILES string of the molecule is CN(C)C(=O)CN(C(=O)CCN1CCCC1)c1ccc(N=C(c2ccccc2)c2c(O)[nH]c3cc(Cl)ccc23)cc1. The van der Waals surface area contributed by atoms with Crippen LogP contribution in [0, 0.1) is 0 Å². The number of nitrogens with one attached hydrogen (secondary N) is 1. The first-order valence-corrected chi connectivity index (χ1v) is 14.2. The fraction of sp³-hybridized carbons (Fsp3) is 0.281. The number of amides is 2. The van der Waals surface area contributed by atoms with E-state index in [1.165, 1.54) is 4.90 Å². The molecule has 2 N–H and O–H groups in total. The number of likely N-dealkylation sites (tertiary alicyclic amines) is 1. The van der Waals surface area contributed by atoms with Gasteiger partial charge in [-0.1, -0.05) is 48.0 Å². The minimum Gasteiger partial charge on any atom is -0.494 e. The molecule has 1 saturated heterocycles. The van der Waals surface area contributed by atoms with Crippen LogP contribution in [0.5, 0.6) is 5.88 Å². The van der Waals surface area contributed by atoms with Crippen LogP contribution >= 0.6 is 11.6 Å². The van der Waals surface area contributed by atoms with Gasteiger partial charge in [0.25, 0.3) is 0 Å². The summed E-state index contributed by atoms with van der Waals surface area (Å²) < 4.78 is 0. The summed E-state index contributed by atoms with van der Waals surface area (Å²) in [7, 11) is 3.37. The van der Waals surface area contributed by atoms with E-state index in [-0.39, 0.29) is 24.2 Å². The van der Waals surface area contributed by atoms with Crippen molar-refractivity contribution < 1.29 is 14.7 Å². The maximum Gasteiger partial charge on any atom is 0.242 e. The Kier molecular flexibility index (Phi) is 8.71. The van der Waals surface area contributed by atoms with E-state index in [0.29, 0.717) is 46.2 Å². The number of aromatic amines is 1. The quantitative estimate of drug-likeness (QED) is 0.256. The third-order valence-electron chi connectivity index (χ3n) is 7.36. The molecule has 5 rings (SSSR count). The molecule has 1 aromatic heterocycles. The number of aromatic nitrogens is 1. The lowest BCUT2D eigenvalue weighted by Gasteiger charge is -2.25. The first kappa shape index (κ1) is 28.4. The van der Waals surface area contributed by atoms with Crippen molar-refractivity contribution in [2.75, 3.05) is 45.2 Å². The summed E-state index contributed by atoms with van der Waals surface area (Å²) in [6.45, 7) is 2.68. The second kappa shape index (κ2) is 12.6. The summed E-state index contributed by atoms with van der Waals surface area (Å²) in [4.78, 5) is 39.2. The number of hydrogen-bond acceptors (Lipinski definition) is 5. The first-order chi connectivity index (χ1) is 19.8. The van der Waals surface area contributed by atoms with Gasteiger partial charge in [0.15, 0.2) is 5.88 Å². The average molecular weight is 572 g/mol. The first-order valence-electron chi connectivity index (χ1n) is 13.8. The Labute approximate surface area is 244 Å². The molecule has 0 aliphatic carbocycles. The van der Waals surface area contributed by atoms with Crippen molar-refractivity contribution in [2.45, 2.75) is 19.3 Å². The van der Waals surface area contributed by atoms with Crippen molar-refractivity contribution in [2.24, 2.45) is 4.99 Å².